The van der Waals surface area contributed by atoms with Crippen molar-refractivity contribution in [1.82, 2.24) is 10.6 Å². The van der Waals surface area contributed by atoms with Gasteiger partial charge in [-0.1, -0.05) is 13.8 Å². The van der Waals surface area contributed by atoms with Gasteiger partial charge < -0.3 is 16.4 Å². The zero-order chi connectivity index (χ0) is 10.8. The van der Waals surface area contributed by atoms with Crippen LogP contribution in [0.25, 0.3) is 0 Å². The molecule has 0 aromatic rings. The van der Waals surface area contributed by atoms with E-state index in [1.54, 1.807) is 0 Å². The normalized spacial score (nSPS) is 10.6. The Balaban J connectivity index is 3.18. The molecule has 0 aromatic carbocycles. The van der Waals surface area contributed by atoms with Gasteiger partial charge in [-0.2, -0.15) is 0 Å². The molecule has 0 unspecified atom stereocenters. The SMILES string of the molecule is CC(C)CNC(=O)CCNCCCN. The van der Waals surface area contributed by atoms with E-state index in [2.05, 4.69) is 24.5 Å². The Morgan fingerprint density at radius 2 is 2.07 bits per heavy atom. The Morgan fingerprint density at radius 3 is 2.64 bits per heavy atom. The summed E-state index contributed by atoms with van der Waals surface area (Å²) in [6.45, 7) is 7.27. The Hall–Kier alpha value is -0.610. The predicted molar refractivity (Wildman–Crippen MR) is 59.0 cm³/mol. The highest BCUT2D eigenvalue weighted by Crippen LogP contribution is 1.87. The Labute approximate surface area is 86.6 Å². The molecule has 0 radical (unpaired) electrons. The Kier molecular flexibility index (Phi) is 8.57. The van der Waals surface area contributed by atoms with E-state index < -0.39 is 0 Å². The van der Waals surface area contributed by atoms with E-state index in [-0.39, 0.29) is 5.91 Å². The summed E-state index contributed by atoms with van der Waals surface area (Å²) in [4.78, 5) is 11.2. The predicted octanol–water partition coefficient (Wildman–Crippen LogP) is 0.0871. The molecule has 0 saturated heterocycles. The first-order valence-electron chi connectivity index (χ1n) is 5.34. The minimum absolute atomic E-state index is 0.124. The van der Waals surface area contributed by atoms with Gasteiger partial charge in [0.25, 0.3) is 0 Å². The van der Waals surface area contributed by atoms with Gasteiger partial charge in [-0.05, 0) is 25.4 Å². The summed E-state index contributed by atoms with van der Waals surface area (Å²) in [5.41, 5.74) is 5.33. The van der Waals surface area contributed by atoms with Crippen molar-refractivity contribution in [3.05, 3.63) is 0 Å². The fourth-order valence-corrected chi connectivity index (χ4v) is 0.960. The van der Waals surface area contributed by atoms with Crippen LogP contribution in [0.4, 0.5) is 0 Å². The third-order valence-electron chi connectivity index (χ3n) is 1.79. The van der Waals surface area contributed by atoms with E-state index in [1.807, 2.05) is 0 Å². The number of carbonyl (C=O) groups is 1. The second-order valence-electron chi connectivity index (χ2n) is 3.84. The molecule has 0 bridgehead atoms. The number of nitrogens with one attached hydrogen (secondary N) is 2. The summed E-state index contributed by atoms with van der Waals surface area (Å²) in [5.74, 6) is 0.642. The summed E-state index contributed by atoms with van der Waals surface area (Å²) in [5, 5.41) is 6.03. The number of carbonyl (C=O) groups excluding carboxylic acids is 1. The molecule has 0 aromatic heterocycles. The van der Waals surface area contributed by atoms with Crippen molar-refractivity contribution in [2.45, 2.75) is 26.7 Å². The second-order valence-corrected chi connectivity index (χ2v) is 3.84. The fraction of sp³-hybridized carbons (Fsp3) is 0.900. The lowest BCUT2D eigenvalue weighted by Gasteiger charge is -2.07. The van der Waals surface area contributed by atoms with Crippen LogP contribution in [0.1, 0.15) is 26.7 Å². The van der Waals surface area contributed by atoms with Crippen LogP contribution >= 0.6 is 0 Å². The van der Waals surface area contributed by atoms with E-state index in [1.165, 1.54) is 0 Å². The van der Waals surface area contributed by atoms with Crippen molar-refractivity contribution in [3.63, 3.8) is 0 Å². The van der Waals surface area contributed by atoms with Gasteiger partial charge in [0.05, 0.1) is 0 Å². The van der Waals surface area contributed by atoms with Gasteiger partial charge in [0.1, 0.15) is 0 Å². The van der Waals surface area contributed by atoms with Gasteiger partial charge >= 0.3 is 0 Å². The molecule has 0 fully saturated rings. The van der Waals surface area contributed by atoms with Gasteiger partial charge in [-0.25, -0.2) is 0 Å². The van der Waals surface area contributed by atoms with Crippen LogP contribution in [0, 0.1) is 5.92 Å². The van der Waals surface area contributed by atoms with Crippen LogP contribution in [-0.2, 0) is 4.79 Å². The third kappa shape index (κ3) is 9.48. The quantitative estimate of drug-likeness (QED) is 0.487. The highest BCUT2D eigenvalue weighted by molar-refractivity contribution is 5.76. The maximum Gasteiger partial charge on any atom is 0.221 e. The van der Waals surface area contributed by atoms with Crippen LogP contribution < -0.4 is 16.4 Å². The second kappa shape index (κ2) is 8.97. The molecule has 0 aliphatic carbocycles. The van der Waals surface area contributed by atoms with E-state index in [4.69, 9.17) is 5.73 Å². The van der Waals surface area contributed by atoms with E-state index in [0.29, 0.717) is 18.9 Å². The molecule has 14 heavy (non-hydrogen) atoms. The van der Waals surface area contributed by atoms with Crippen LogP contribution in [0.3, 0.4) is 0 Å². The standard InChI is InChI=1S/C10H23N3O/c1-9(2)8-13-10(14)4-7-12-6-3-5-11/h9,12H,3-8,11H2,1-2H3,(H,13,14). The molecule has 4 heteroatoms. The zero-order valence-corrected chi connectivity index (χ0v) is 9.31. The Morgan fingerprint density at radius 1 is 1.36 bits per heavy atom. The van der Waals surface area contributed by atoms with Crippen LogP contribution in [0.15, 0.2) is 0 Å². The molecule has 84 valence electrons. The monoisotopic (exact) mass is 201 g/mol. The molecule has 0 spiro atoms. The van der Waals surface area contributed by atoms with Gasteiger partial charge in [0.2, 0.25) is 5.91 Å². The number of hydrogen-bond donors (Lipinski definition) is 3. The van der Waals surface area contributed by atoms with Crippen molar-refractivity contribution >= 4 is 5.91 Å². The average molecular weight is 201 g/mol. The van der Waals surface area contributed by atoms with E-state index in [9.17, 15) is 4.79 Å². The van der Waals surface area contributed by atoms with Crippen molar-refractivity contribution in [2.75, 3.05) is 26.2 Å². The maximum atomic E-state index is 11.2. The number of hydrogen-bond acceptors (Lipinski definition) is 3. The minimum Gasteiger partial charge on any atom is -0.356 e. The number of rotatable bonds is 8. The lowest BCUT2D eigenvalue weighted by atomic mass is 10.2. The lowest BCUT2D eigenvalue weighted by molar-refractivity contribution is -0.121. The van der Waals surface area contributed by atoms with Gasteiger partial charge in [-0.3, -0.25) is 4.79 Å². The summed E-state index contributed by atoms with van der Waals surface area (Å²) in [7, 11) is 0. The van der Waals surface area contributed by atoms with Crippen molar-refractivity contribution in [1.29, 1.82) is 0 Å². The summed E-state index contributed by atoms with van der Waals surface area (Å²) in [6.07, 6.45) is 1.52. The minimum atomic E-state index is 0.124. The number of amides is 1. The largest absolute Gasteiger partial charge is 0.356 e. The lowest BCUT2D eigenvalue weighted by Crippen LogP contribution is -2.30. The van der Waals surface area contributed by atoms with Crippen LogP contribution in [-0.4, -0.2) is 32.1 Å². The summed E-state index contributed by atoms with van der Waals surface area (Å²) >= 11 is 0. The molecule has 1 amide bonds. The average Bonchev–Trinajstić information content (AvgIpc) is 2.14. The third-order valence-corrected chi connectivity index (χ3v) is 1.79. The molecule has 4 N–H and O–H groups in total. The first-order chi connectivity index (χ1) is 6.66. The number of nitrogens with two attached hydrogens (primary N) is 1. The molecular weight excluding hydrogens is 178 g/mol. The van der Waals surface area contributed by atoms with Crippen LogP contribution in [0.5, 0.6) is 0 Å². The molecule has 0 heterocycles. The molecule has 0 saturated carbocycles. The summed E-state index contributed by atoms with van der Waals surface area (Å²) in [6, 6.07) is 0. The molecule has 0 aliphatic heterocycles. The first kappa shape index (κ1) is 13.4. The van der Waals surface area contributed by atoms with Gasteiger partial charge in [-0.15, -0.1) is 0 Å². The molecule has 0 atom stereocenters. The van der Waals surface area contributed by atoms with E-state index in [0.717, 1.165) is 26.1 Å². The smallest absolute Gasteiger partial charge is 0.221 e. The van der Waals surface area contributed by atoms with Gasteiger partial charge in [0, 0.05) is 19.5 Å². The molecule has 4 nitrogen and oxygen atoms in total. The maximum absolute atomic E-state index is 11.2. The van der Waals surface area contributed by atoms with Crippen LogP contribution in [0.2, 0.25) is 0 Å². The Bertz CT molecular complexity index is 148. The topological polar surface area (TPSA) is 67.2 Å². The highest BCUT2D eigenvalue weighted by atomic mass is 16.1. The zero-order valence-electron chi connectivity index (χ0n) is 9.31. The van der Waals surface area contributed by atoms with Gasteiger partial charge in [0.15, 0.2) is 0 Å². The molecular formula is C10H23N3O. The van der Waals surface area contributed by atoms with E-state index >= 15 is 0 Å². The summed E-state index contributed by atoms with van der Waals surface area (Å²) < 4.78 is 0. The first-order valence-corrected chi connectivity index (χ1v) is 5.34. The fourth-order valence-electron chi connectivity index (χ4n) is 0.960. The van der Waals surface area contributed by atoms with Crippen molar-refractivity contribution in [3.8, 4) is 0 Å². The molecule has 0 rings (SSSR count). The van der Waals surface area contributed by atoms with Crippen molar-refractivity contribution < 1.29 is 4.79 Å². The van der Waals surface area contributed by atoms with Crippen molar-refractivity contribution in [2.24, 2.45) is 11.7 Å². The highest BCUT2D eigenvalue weighted by Gasteiger charge is 2.00. The molecule has 0 aliphatic rings.